The Balaban J connectivity index is 1.74. The number of ether oxygens (including phenoxy) is 2. The molecule has 108 valence electrons. The van der Waals surface area contributed by atoms with Crippen LogP contribution in [0.15, 0.2) is 12.4 Å². The number of rotatable bonds is 6. The molecule has 19 heavy (non-hydrogen) atoms. The van der Waals surface area contributed by atoms with Crippen molar-refractivity contribution >= 4 is 8.07 Å². The van der Waals surface area contributed by atoms with Crippen molar-refractivity contribution in [2.45, 2.75) is 38.5 Å². The summed E-state index contributed by atoms with van der Waals surface area (Å²) in [5.74, 6) is 0. The van der Waals surface area contributed by atoms with E-state index >= 15 is 0 Å². The summed E-state index contributed by atoms with van der Waals surface area (Å²) >= 11 is 0. The molecule has 2 rings (SSSR count). The van der Waals surface area contributed by atoms with Crippen molar-refractivity contribution in [3.05, 3.63) is 18.0 Å². The molecule has 0 saturated carbocycles. The van der Waals surface area contributed by atoms with Crippen LogP contribution in [0.3, 0.4) is 0 Å². The minimum Gasteiger partial charge on any atom is -0.371 e. The van der Waals surface area contributed by atoms with E-state index in [-0.39, 0.29) is 6.10 Å². The van der Waals surface area contributed by atoms with Gasteiger partial charge in [0.25, 0.3) is 0 Å². The van der Waals surface area contributed by atoms with Crippen LogP contribution in [0.4, 0.5) is 0 Å². The first-order valence-electron chi connectivity index (χ1n) is 6.97. The molecule has 0 aromatic carbocycles. The Kier molecular flexibility index (Phi) is 5.15. The molecule has 1 aliphatic rings. The number of hydrogen-bond donors (Lipinski definition) is 1. The highest BCUT2D eigenvalue weighted by atomic mass is 28.3. The van der Waals surface area contributed by atoms with Crippen LogP contribution in [-0.4, -0.2) is 44.2 Å². The van der Waals surface area contributed by atoms with Crippen LogP contribution < -0.4 is 5.32 Å². The quantitative estimate of drug-likeness (QED) is 0.639. The molecule has 1 aliphatic heterocycles. The van der Waals surface area contributed by atoms with Gasteiger partial charge in [-0.3, -0.25) is 0 Å². The number of hydrogen-bond acceptors (Lipinski definition) is 4. The van der Waals surface area contributed by atoms with Crippen molar-refractivity contribution in [2.24, 2.45) is 0 Å². The van der Waals surface area contributed by atoms with Gasteiger partial charge in [0, 0.05) is 39.5 Å². The van der Waals surface area contributed by atoms with Crippen molar-refractivity contribution in [1.29, 1.82) is 0 Å². The third-order valence-electron chi connectivity index (χ3n) is 3.17. The summed E-state index contributed by atoms with van der Waals surface area (Å²) in [6, 6.07) is 1.19. The SMILES string of the molecule is C[Si](C)(C)CCOCn1cc(C2CNCCO2)cn1. The Morgan fingerprint density at radius 3 is 3.05 bits per heavy atom. The predicted molar refractivity (Wildman–Crippen MR) is 77.9 cm³/mol. The maximum Gasteiger partial charge on any atom is 0.139 e. The highest BCUT2D eigenvalue weighted by Crippen LogP contribution is 2.17. The lowest BCUT2D eigenvalue weighted by Gasteiger charge is -2.22. The number of nitrogens with one attached hydrogen (secondary N) is 1. The average molecular weight is 283 g/mol. The van der Waals surface area contributed by atoms with Crippen molar-refractivity contribution in [3.8, 4) is 0 Å². The van der Waals surface area contributed by atoms with Gasteiger partial charge >= 0.3 is 0 Å². The summed E-state index contributed by atoms with van der Waals surface area (Å²) in [5, 5.41) is 7.64. The van der Waals surface area contributed by atoms with E-state index in [0.717, 1.165) is 31.9 Å². The number of morpholine rings is 1. The minimum atomic E-state index is -1.000. The zero-order valence-corrected chi connectivity index (χ0v) is 13.2. The lowest BCUT2D eigenvalue weighted by atomic mass is 10.2. The van der Waals surface area contributed by atoms with Crippen molar-refractivity contribution in [1.82, 2.24) is 15.1 Å². The van der Waals surface area contributed by atoms with Crippen LogP contribution in [0, 0.1) is 0 Å². The first-order chi connectivity index (χ1) is 9.04. The van der Waals surface area contributed by atoms with E-state index < -0.39 is 8.07 Å². The van der Waals surface area contributed by atoms with Gasteiger partial charge in [0.15, 0.2) is 0 Å². The molecule has 1 unspecified atom stereocenters. The van der Waals surface area contributed by atoms with E-state index in [1.165, 1.54) is 6.04 Å². The van der Waals surface area contributed by atoms with Crippen LogP contribution in [0.1, 0.15) is 11.7 Å². The predicted octanol–water partition coefficient (Wildman–Crippen LogP) is 1.86. The molecule has 0 amide bonds. The van der Waals surface area contributed by atoms with E-state index in [0.29, 0.717) is 6.73 Å². The maximum absolute atomic E-state index is 5.70. The Morgan fingerprint density at radius 2 is 2.37 bits per heavy atom. The Morgan fingerprint density at radius 1 is 1.53 bits per heavy atom. The molecule has 5 nitrogen and oxygen atoms in total. The fraction of sp³-hybridized carbons (Fsp3) is 0.769. The third kappa shape index (κ3) is 5.06. The normalized spacial score (nSPS) is 20.7. The summed E-state index contributed by atoms with van der Waals surface area (Å²) in [6.45, 7) is 11.0. The molecule has 1 saturated heterocycles. The second-order valence-corrected chi connectivity index (χ2v) is 11.8. The zero-order valence-electron chi connectivity index (χ0n) is 12.2. The first kappa shape index (κ1) is 14.7. The summed E-state index contributed by atoms with van der Waals surface area (Å²) in [5.41, 5.74) is 1.13. The van der Waals surface area contributed by atoms with Gasteiger partial charge in [0.2, 0.25) is 0 Å². The lowest BCUT2D eigenvalue weighted by molar-refractivity contribution is 0.0273. The smallest absolute Gasteiger partial charge is 0.139 e. The van der Waals surface area contributed by atoms with Crippen LogP contribution in [0.25, 0.3) is 0 Å². The first-order valence-corrected chi connectivity index (χ1v) is 10.7. The second kappa shape index (κ2) is 6.65. The molecule has 1 aromatic heterocycles. The zero-order chi connectivity index (χ0) is 13.7. The minimum absolute atomic E-state index is 0.129. The van der Waals surface area contributed by atoms with Crippen LogP contribution in [-0.2, 0) is 16.2 Å². The fourth-order valence-electron chi connectivity index (χ4n) is 1.93. The molecule has 1 aromatic rings. The summed E-state index contributed by atoms with van der Waals surface area (Å²) < 4.78 is 13.2. The van der Waals surface area contributed by atoms with E-state index in [1.54, 1.807) is 0 Å². The van der Waals surface area contributed by atoms with Gasteiger partial charge in [-0.15, -0.1) is 0 Å². The maximum atomic E-state index is 5.70. The summed E-state index contributed by atoms with van der Waals surface area (Å²) in [4.78, 5) is 0. The Bertz CT molecular complexity index is 383. The molecular formula is C13H25N3O2Si. The van der Waals surface area contributed by atoms with Gasteiger partial charge in [0.05, 0.1) is 18.9 Å². The van der Waals surface area contributed by atoms with Crippen molar-refractivity contribution in [3.63, 3.8) is 0 Å². The van der Waals surface area contributed by atoms with Gasteiger partial charge < -0.3 is 14.8 Å². The molecule has 2 heterocycles. The van der Waals surface area contributed by atoms with Crippen LogP contribution in [0.5, 0.6) is 0 Å². The van der Waals surface area contributed by atoms with Gasteiger partial charge in [-0.05, 0) is 6.04 Å². The molecule has 0 spiro atoms. The Hall–Kier alpha value is -0.693. The molecular weight excluding hydrogens is 258 g/mol. The highest BCUT2D eigenvalue weighted by molar-refractivity contribution is 6.76. The van der Waals surface area contributed by atoms with Crippen LogP contribution in [0.2, 0.25) is 25.7 Å². The number of aromatic nitrogens is 2. The van der Waals surface area contributed by atoms with E-state index in [9.17, 15) is 0 Å². The molecule has 0 bridgehead atoms. The van der Waals surface area contributed by atoms with E-state index in [2.05, 4.69) is 30.1 Å². The highest BCUT2D eigenvalue weighted by Gasteiger charge is 2.17. The third-order valence-corrected chi connectivity index (χ3v) is 4.88. The summed E-state index contributed by atoms with van der Waals surface area (Å²) in [7, 11) is -1.000. The summed E-state index contributed by atoms with van der Waals surface area (Å²) in [6.07, 6.45) is 4.02. The van der Waals surface area contributed by atoms with Gasteiger partial charge in [-0.25, -0.2) is 4.68 Å². The molecule has 1 atom stereocenters. The van der Waals surface area contributed by atoms with Crippen molar-refractivity contribution in [2.75, 3.05) is 26.3 Å². The van der Waals surface area contributed by atoms with E-state index in [4.69, 9.17) is 9.47 Å². The lowest BCUT2D eigenvalue weighted by Crippen LogP contribution is -2.33. The topological polar surface area (TPSA) is 48.3 Å². The number of nitrogens with zero attached hydrogens (tertiary/aromatic N) is 2. The standard InChI is InChI=1S/C13H25N3O2Si/c1-19(2,3)7-6-17-11-16-10-12(8-15-16)13-9-14-4-5-18-13/h8,10,13-14H,4-7,9,11H2,1-3H3. The fourth-order valence-corrected chi connectivity index (χ4v) is 2.69. The van der Waals surface area contributed by atoms with Crippen molar-refractivity contribution < 1.29 is 9.47 Å². The van der Waals surface area contributed by atoms with E-state index in [1.807, 2.05) is 17.1 Å². The molecule has 0 aliphatic carbocycles. The molecule has 1 N–H and O–H groups in total. The Labute approximate surface area is 116 Å². The molecule has 6 heteroatoms. The second-order valence-electron chi connectivity index (χ2n) is 6.22. The monoisotopic (exact) mass is 283 g/mol. The van der Waals surface area contributed by atoms with Gasteiger partial charge in [-0.1, -0.05) is 19.6 Å². The van der Waals surface area contributed by atoms with Gasteiger partial charge in [-0.2, -0.15) is 5.10 Å². The largest absolute Gasteiger partial charge is 0.371 e. The molecule has 0 radical (unpaired) electrons. The van der Waals surface area contributed by atoms with Gasteiger partial charge in [0.1, 0.15) is 6.73 Å². The van der Waals surface area contributed by atoms with Crippen LogP contribution >= 0.6 is 0 Å². The average Bonchev–Trinajstić information content (AvgIpc) is 2.83. The molecule has 1 fully saturated rings.